The number of nitrogens with zero attached hydrogens (tertiary/aromatic N) is 1. The van der Waals surface area contributed by atoms with E-state index in [9.17, 15) is 4.79 Å². The predicted molar refractivity (Wildman–Crippen MR) is 73.1 cm³/mol. The molecule has 0 aliphatic carbocycles. The number of nitrogens with two attached hydrogens (primary N) is 1. The van der Waals surface area contributed by atoms with Crippen molar-refractivity contribution in [2.45, 2.75) is 51.4 Å². The van der Waals surface area contributed by atoms with E-state index in [2.05, 4.69) is 0 Å². The van der Waals surface area contributed by atoms with Gasteiger partial charge in [-0.2, -0.15) is 0 Å². The van der Waals surface area contributed by atoms with Gasteiger partial charge < -0.3 is 15.7 Å². The van der Waals surface area contributed by atoms with Gasteiger partial charge in [0.2, 0.25) is 5.91 Å². The summed E-state index contributed by atoms with van der Waals surface area (Å²) >= 11 is 0. The van der Waals surface area contributed by atoms with Gasteiger partial charge in [-0.3, -0.25) is 4.79 Å². The van der Waals surface area contributed by atoms with Gasteiger partial charge in [-0.1, -0.05) is 12.8 Å². The van der Waals surface area contributed by atoms with Crippen molar-refractivity contribution in [3.05, 3.63) is 0 Å². The number of carbonyl (C=O) groups is 1. The van der Waals surface area contributed by atoms with Crippen molar-refractivity contribution < 1.29 is 9.90 Å². The number of aliphatic hydroxyl groups is 1. The topological polar surface area (TPSA) is 66.6 Å². The predicted octanol–water partition coefficient (Wildman–Crippen LogP) is 1.52. The van der Waals surface area contributed by atoms with Crippen LogP contribution in [0.15, 0.2) is 0 Å². The van der Waals surface area contributed by atoms with Crippen LogP contribution >= 0.6 is 0 Å². The monoisotopic (exact) mass is 256 g/mol. The minimum absolute atomic E-state index is 0.242. The zero-order valence-corrected chi connectivity index (χ0v) is 11.4. The first-order valence-electron chi connectivity index (χ1n) is 7.36. The standard InChI is InChI=1S/C14H28N2O2/c15-9-4-2-1-3-7-14(18)16-10-5-6-13(12-16)8-11-17/h13,17H,1-12,15H2. The molecule has 1 atom stereocenters. The Balaban J connectivity index is 2.16. The molecule has 1 rings (SSSR count). The van der Waals surface area contributed by atoms with E-state index in [1.54, 1.807) is 0 Å². The smallest absolute Gasteiger partial charge is 0.222 e. The number of hydrogen-bond donors (Lipinski definition) is 2. The van der Waals surface area contributed by atoms with E-state index in [0.29, 0.717) is 18.2 Å². The van der Waals surface area contributed by atoms with Crippen LogP contribution in [0.4, 0.5) is 0 Å². The van der Waals surface area contributed by atoms with Crippen LogP contribution in [-0.4, -0.2) is 42.2 Å². The molecule has 0 bridgehead atoms. The summed E-state index contributed by atoms with van der Waals surface area (Å²) in [6.45, 7) is 2.75. The van der Waals surface area contributed by atoms with E-state index in [-0.39, 0.29) is 6.61 Å². The Kier molecular flexibility index (Phi) is 8.01. The molecule has 1 saturated heterocycles. The highest BCUT2D eigenvalue weighted by Crippen LogP contribution is 2.20. The molecule has 1 heterocycles. The summed E-state index contributed by atoms with van der Waals surface area (Å²) in [4.78, 5) is 14.0. The van der Waals surface area contributed by atoms with Crippen LogP contribution in [0.2, 0.25) is 0 Å². The SMILES string of the molecule is NCCCCCCC(=O)N1CCCC(CCO)C1. The molecule has 0 spiro atoms. The average molecular weight is 256 g/mol. The summed E-state index contributed by atoms with van der Waals surface area (Å²) in [5, 5.41) is 8.95. The lowest BCUT2D eigenvalue weighted by molar-refractivity contribution is -0.133. The van der Waals surface area contributed by atoms with Crippen molar-refractivity contribution in [1.82, 2.24) is 4.90 Å². The second kappa shape index (κ2) is 9.34. The third kappa shape index (κ3) is 5.83. The van der Waals surface area contributed by atoms with Crippen molar-refractivity contribution in [3.63, 3.8) is 0 Å². The Morgan fingerprint density at radius 3 is 2.78 bits per heavy atom. The molecule has 0 radical (unpaired) electrons. The van der Waals surface area contributed by atoms with Gasteiger partial charge in [0, 0.05) is 26.1 Å². The molecule has 3 N–H and O–H groups in total. The van der Waals surface area contributed by atoms with Crippen molar-refractivity contribution in [1.29, 1.82) is 0 Å². The maximum Gasteiger partial charge on any atom is 0.222 e. The Morgan fingerprint density at radius 1 is 1.28 bits per heavy atom. The van der Waals surface area contributed by atoms with Crippen molar-refractivity contribution in [3.8, 4) is 0 Å². The molecule has 18 heavy (non-hydrogen) atoms. The molecule has 0 saturated carbocycles. The number of unbranched alkanes of at least 4 members (excludes halogenated alkanes) is 3. The molecule has 4 heteroatoms. The van der Waals surface area contributed by atoms with Gasteiger partial charge in [0.1, 0.15) is 0 Å². The molecule has 1 unspecified atom stereocenters. The van der Waals surface area contributed by atoms with Gasteiger partial charge in [-0.25, -0.2) is 0 Å². The fourth-order valence-electron chi connectivity index (χ4n) is 2.64. The molecule has 0 aromatic heterocycles. The van der Waals surface area contributed by atoms with E-state index in [1.807, 2.05) is 4.90 Å². The second-order valence-electron chi connectivity index (χ2n) is 5.31. The Bertz CT molecular complexity index is 232. The minimum atomic E-state index is 0.242. The van der Waals surface area contributed by atoms with Gasteiger partial charge in [0.15, 0.2) is 0 Å². The first-order valence-corrected chi connectivity index (χ1v) is 7.36. The molecule has 0 aromatic carbocycles. The van der Waals surface area contributed by atoms with Crippen molar-refractivity contribution >= 4 is 5.91 Å². The minimum Gasteiger partial charge on any atom is -0.396 e. The number of piperidine rings is 1. The fourth-order valence-corrected chi connectivity index (χ4v) is 2.64. The van der Waals surface area contributed by atoms with Gasteiger partial charge >= 0.3 is 0 Å². The lowest BCUT2D eigenvalue weighted by Crippen LogP contribution is -2.40. The summed E-state index contributed by atoms with van der Waals surface area (Å²) < 4.78 is 0. The first-order chi connectivity index (χ1) is 8.77. The molecule has 106 valence electrons. The quantitative estimate of drug-likeness (QED) is 0.647. The van der Waals surface area contributed by atoms with Gasteiger partial charge in [-0.15, -0.1) is 0 Å². The van der Waals surface area contributed by atoms with Crippen LogP contribution in [0.5, 0.6) is 0 Å². The number of likely N-dealkylation sites (tertiary alicyclic amines) is 1. The zero-order chi connectivity index (χ0) is 13.2. The summed E-state index contributed by atoms with van der Waals surface area (Å²) in [5.41, 5.74) is 5.44. The largest absolute Gasteiger partial charge is 0.396 e. The maximum absolute atomic E-state index is 12.0. The lowest BCUT2D eigenvalue weighted by atomic mass is 9.95. The van der Waals surface area contributed by atoms with E-state index in [1.165, 1.54) is 0 Å². The number of carbonyl (C=O) groups excluding carboxylic acids is 1. The lowest BCUT2D eigenvalue weighted by Gasteiger charge is -2.32. The normalized spacial score (nSPS) is 20.1. The Hall–Kier alpha value is -0.610. The fraction of sp³-hybridized carbons (Fsp3) is 0.929. The first kappa shape index (κ1) is 15.4. The number of rotatable bonds is 8. The van der Waals surface area contributed by atoms with Gasteiger partial charge in [0.25, 0.3) is 0 Å². The highest BCUT2D eigenvalue weighted by molar-refractivity contribution is 5.76. The van der Waals surface area contributed by atoms with E-state index in [4.69, 9.17) is 10.8 Å². The van der Waals surface area contributed by atoms with Crippen molar-refractivity contribution in [2.75, 3.05) is 26.2 Å². The van der Waals surface area contributed by atoms with E-state index >= 15 is 0 Å². The summed E-state index contributed by atoms with van der Waals surface area (Å²) in [6, 6.07) is 0. The highest BCUT2D eigenvalue weighted by atomic mass is 16.3. The van der Waals surface area contributed by atoms with E-state index < -0.39 is 0 Å². The molecule has 0 aromatic rings. The number of amides is 1. The van der Waals surface area contributed by atoms with Crippen molar-refractivity contribution in [2.24, 2.45) is 11.7 Å². The number of aliphatic hydroxyl groups excluding tert-OH is 1. The molecule has 1 fully saturated rings. The molecule has 1 aliphatic rings. The molecular formula is C14H28N2O2. The Morgan fingerprint density at radius 2 is 2.06 bits per heavy atom. The van der Waals surface area contributed by atoms with Crippen LogP contribution in [-0.2, 0) is 4.79 Å². The van der Waals surface area contributed by atoms with Crippen LogP contribution < -0.4 is 5.73 Å². The van der Waals surface area contributed by atoms with Crippen LogP contribution in [0.1, 0.15) is 51.4 Å². The number of hydrogen-bond acceptors (Lipinski definition) is 3. The molecular weight excluding hydrogens is 228 g/mol. The zero-order valence-electron chi connectivity index (χ0n) is 11.4. The second-order valence-corrected chi connectivity index (χ2v) is 5.31. The Labute approximate surface area is 111 Å². The third-order valence-corrected chi connectivity index (χ3v) is 3.75. The van der Waals surface area contributed by atoms with Gasteiger partial charge in [0.05, 0.1) is 0 Å². The van der Waals surface area contributed by atoms with Crippen LogP contribution in [0.3, 0.4) is 0 Å². The summed E-state index contributed by atoms with van der Waals surface area (Å²) in [6.07, 6.45) is 8.05. The molecule has 1 aliphatic heterocycles. The van der Waals surface area contributed by atoms with Gasteiger partial charge in [-0.05, 0) is 44.6 Å². The summed E-state index contributed by atoms with van der Waals surface area (Å²) in [5.74, 6) is 0.801. The van der Waals surface area contributed by atoms with Crippen LogP contribution in [0.25, 0.3) is 0 Å². The molecule has 4 nitrogen and oxygen atoms in total. The highest BCUT2D eigenvalue weighted by Gasteiger charge is 2.22. The van der Waals surface area contributed by atoms with Crippen LogP contribution in [0, 0.1) is 5.92 Å². The summed E-state index contributed by atoms with van der Waals surface area (Å²) in [7, 11) is 0. The third-order valence-electron chi connectivity index (χ3n) is 3.75. The maximum atomic E-state index is 12.0. The average Bonchev–Trinajstić information content (AvgIpc) is 2.39. The van der Waals surface area contributed by atoms with E-state index in [0.717, 1.165) is 64.6 Å². The molecule has 1 amide bonds.